The third-order valence-electron chi connectivity index (χ3n) is 4.80. The van der Waals surface area contributed by atoms with Gasteiger partial charge in [0.25, 0.3) is 5.91 Å². The van der Waals surface area contributed by atoms with E-state index in [-0.39, 0.29) is 18.0 Å². The number of carbonyl (C=O) groups excluding carboxylic acids is 2. The summed E-state index contributed by atoms with van der Waals surface area (Å²) in [5, 5.41) is 5.91. The summed E-state index contributed by atoms with van der Waals surface area (Å²) in [6.45, 7) is 2.64. The van der Waals surface area contributed by atoms with Crippen molar-refractivity contribution in [3.8, 4) is 0 Å². The van der Waals surface area contributed by atoms with Gasteiger partial charge in [0.1, 0.15) is 5.69 Å². The molecule has 1 aliphatic rings. The van der Waals surface area contributed by atoms with Crippen LogP contribution in [0, 0.1) is 0 Å². The molecule has 1 N–H and O–H groups in total. The van der Waals surface area contributed by atoms with Crippen LogP contribution in [0.4, 0.5) is 10.8 Å². The number of aromatic nitrogens is 3. The monoisotopic (exact) mass is 476 g/mol. The van der Waals surface area contributed by atoms with E-state index in [2.05, 4.69) is 25.2 Å². The molecule has 31 heavy (non-hydrogen) atoms. The summed E-state index contributed by atoms with van der Waals surface area (Å²) in [7, 11) is 0. The zero-order chi connectivity index (χ0) is 21.8. The molecular weight excluding hydrogens is 459 g/mol. The van der Waals surface area contributed by atoms with Gasteiger partial charge in [-0.3, -0.25) is 19.9 Å². The molecule has 0 radical (unpaired) electrons. The van der Waals surface area contributed by atoms with E-state index in [1.165, 1.54) is 29.9 Å². The van der Waals surface area contributed by atoms with Crippen LogP contribution in [-0.2, 0) is 11.2 Å². The zero-order valence-corrected chi connectivity index (χ0v) is 18.6. The molecule has 3 heterocycles. The van der Waals surface area contributed by atoms with Gasteiger partial charge in [0.2, 0.25) is 5.91 Å². The number of amides is 2. The highest BCUT2D eigenvalue weighted by molar-refractivity contribution is 7.14. The van der Waals surface area contributed by atoms with Crippen molar-refractivity contribution in [3.05, 3.63) is 63.6 Å². The van der Waals surface area contributed by atoms with Crippen LogP contribution in [0.1, 0.15) is 16.2 Å². The lowest BCUT2D eigenvalue weighted by molar-refractivity contribution is -0.130. The van der Waals surface area contributed by atoms with Crippen LogP contribution < -0.4 is 10.2 Å². The van der Waals surface area contributed by atoms with Gasteiger partial charge < -0.3 is 9.80 Å². The van der Waals surface area contributed by atoms with Crippen LogP contribution in [0.25, 0.3) is 0 Å². The average molecular weight is 477 g/mol. The van der Waals surface area contributed by atoms with Gasteiger partial charge >= 0.3 is 0 Å². The number of halogens is 2. The number of nitrogens with one attached hydrogen (secondary N) is 1. The summed E-state index contributed by atoms with van der Waals surface area (Å²) in [4.78, 5) is 41.0. The van der Waals surface area contributed by atoms with Gasteiger partial charge in [-0.05, 0) is 18.2 Å². The number of rotatable bonds is 5. The number of piperazine rings is 1. The van der Waals surface area contributed by atoms with Crippen LogP contribution in [-0.4, -0.2) is 57.8 Å². The SMILES string of the molecule is O=C(Nc1nc(CC(=O)N2CCN(c3ccc(Cl)c(Cl)c3)CC2)cs1)c1cnccn1. The van der Waals surface area contributed by atoms with Crippen LogP contribution >= 0.6 is 34.5 Å². The first kappa shape index (κ1) is 21.5. The molecule has 0 unspecified atom stereocenters. The Morgan fingerprint density at radius 1 is 1.10 bits per heavy atom. The van der Waals surface area contributed by atoms with E-state index in [9.17, 15) is 9.59 Å². The summed E-state index contributed by atoms with van der Waals surface area (Å²) in [5.41, 5.74) is 1.82. The number of anilines is 2. The lowest BCUT2D eigenvalue weighted by atomic mass is 10.2. The molecule has 0 atom stereocenters. The zero-order valence-electron chi connectivity index (χ0n) is 16.3. The predicted octanol–water partition coefficient (Wildman–Crippen LogP) is 3.38. The second-order valence-electron chi connectivity index (χ2n) is 6.83. The molecule has 0 bridgehead atoms. The number of benzene rings is 1. The van der Waals surface area contributed by atoms with Crippen molar-refractivity contribution in [2.45, 2.75) is 6.42 Å². The Balaban J connectivity index is 1.29. The van der Waals surface area contributed by atoms with Crippen LogP contribution in [0.2, 0.25) is 10.0 Å². The summed E-state index contributed by atoms with van der Waals surface area (Å²) in [6.07, 6.45) is 4.51. The van der Waals surface area contributed by atoms with Gasteiger partial charge in [0.15, 0.2) is 5.13 Å². The molecular formula is C20H18Cl2N6O2S. The summed E-state index contributed by atoms with van der Waals surface area (Å²) >= 11 is 13.4. The summed E-state index contributed by atoms with van der Waals surface area (Å²) < 4.78 is 0. The van der Waals surface area contributed by atoms with Crippen molar-refractivity contribution in [1.29, 1.82) is 0 Å². The van der Waals surface area contributed by atoms with Crippen LogP contribution in [0.5, 0.6) is 0 Å². The number of hydrogen-bond acceptors (Lipinski definition) is 7. The van der Waals surface area contributed by atoms with Crippen molar-refractivity contribution in [2.75, 3.05) is 36.4 Å². The second kappa shape index (κ2) is 9.59. The molecule has 1 fully saturated rings. The summed E-state index contributed by atoms with van der Waals surface area (Å²) in [6, 6.07) is 5.55. The number of nitrogens with zero attached hydrogens (tertiary/aromatic N) is 5. The smallest absolute Gasteiger partial charge is 0.277 e. The van der Waals surface area contributed by atoms with Gasteiger partial charge in [-0.2, -0.15) is 0 Å². The van der Waals surface area contributed by atoms with Crippen LogP contribution in [0.3, 0.4) is 0 Å². The van der Waals surface area contributed by atoms with Gasteiger partial charge in [-0.15, -0.1) is 11.3 Å². The van der Waals surface area contributed by atoms with Crippen molar-refractivity contribution in [2.24, 2.45) is 0 Å². The maximum absolute atomic E-state index is 12.7. The van der Waals surface area contributed by atoms with Gasteiger partial charge in [0, 0.05) is 49.6 Å². The molecule has 0 saturated carbocycles. The topological polar surface area (TPSA) is 91.3 Å². The Morgan fingerprint density at radius 3 is 2.61 bits per heavy atom. The van der Waals surface area contributed by atoms with E-state index in [4.69, 9.17) is 23.2 Å². The van der Waals surface area contributed by atoms with Crippen LogP contribution in [0.15, 0.2) is 42.2 Å². The van der Waals surface area contributed by atoms with E-state index in [0.717, 1.165) is 5.69 Å². The Hall–Kier alpha value is -2.75. The first-order valence-electron chi connectivity index (χ1n) is 9.49. The van der Waals surface area contributed by atoms with Gasteiger partial charge in [0.05, 0.1) is 28.4 Å². The summed E-state index contributed by atoms with van der Waals surface area (Å²) in [5.74, 6) is -0.385. The molecule has 1 saturated heterocycles. The number of hydrogen-bond donors (Lipinski definition) is 1. The average Bonchev–Trinajstić information content (AvgIpc) is 3.23. The van der Waals surface area contributed by atoms with Crippen molar-refractivity contribution < 1.29 is 9.59 Å². The van der Waals surface area contributed by atoms with Crippen molar-refractivity contribution in [1.82, 2.24) is 19.9 Å². The third-order valence-corrected chi connectivity index (χ3v) is 6.35. The maximum Gasteiger partial charge on any atom is 0.277 e. The largest absolute Gasteiger partial charge is 0.368 e. The molecule has 3 aromatic rings. The van der Waals surface area contributed by atoms with Gasteiger partial charge in [-0.1, -0.05) is 23.2 Å². The Bertz CT molecular complexity index is 1090. The van der Waals surface area contributed by atoms with Crippen molar-refractivity contribution in [3.63, 3.8) is 0 Å². The number of carbonyl (C=O) groups is 2. The third kappa shape index (κ3) is 5.30. The highest BCUT2D eigenvalue weighted by Crippen LogP contribution is 2.28. The molecule has 1 aliphatic heterocycles. The van der Waals surface area contributed by atoms with Gasteiger partial charge in [-0.25, -0.2) is 9.97 Å². The molecule has 8 nitrogen and oxygen atoms in total. The maximum atomic E-state index is 12.7. The molecule has 2 aromatic heterocycles. The molecule has 2 amide bonds. The fraction of sp³-hybridized carbons (Fsp3) is 0.250. The van der Waals surface area contributed by atoms with E-state index in [1.807, 2.05) is 17.0 Å². The fourth-order valence-corrected chi connectivity index (χ4v) is 4.18. The molecule has 11 heteroatoms. The minimum Gasteiger partial charge on any atom is -0.368 e. The standard InChI is InChI=1S/C20H18Cl2N6O2S/c21-15-2-1-14(10-16(15)22)27-5-7-28(8-6-27)18(29)9-13-12-31-20(25-13)26-19(30)17-11-23-3-4-24-17/h1-4,10-12H,5-9H2,(H,25,26,30). The van der Waals surface area contributed by atoms with E-state index in [1.54, 1.807) is 11.4 Å². The van der Waals surface area contributed by atoms with E-state index in [0.29, 0.717) is 47.0 Å². The predicted molar refractivity (Wildman–Crippen MR) is 121 cm³/mol. The Kier molecular flexibility index (Phi) is 6.64. The quantitative estimate of drug-likeness (QED) is 0.606. The molecule has 1 aromatic carbocycles. The highest BCUT2D eigenvalue weighted by Gasteiger charge is 2.22. The molecule has 0 aliphatic carbocycles. The number of thiazole rings is 1. The minimum atomic E-state index is -0.390. The highest BCUT2D eigenvalue weighted by atomic mass is 35.5. The molecule has 0 spiro atoms. The molecule has 160 valence electrons. The van der Waals surface area contributed by atoms with E-state index >= 15 is 0 Å². The first-order valence-corrected chi connectivity index (χ1v) is 11.1. The first-order chi connectivity index (χ1) is 15.0. The van der Waals surface area contributed by atoms with Crippen molar-refractivity contribution >= 4 is 57.2 Å². The molecule has 4 rings (SSSR count). The van der Waals surface area contributed by atoms with E-state index < -0.39 is 5.91 Å². The normalized spacial score (nSPS) is 13.9. The minimum absolute atomic E-state index is 0.00545. The lowest BCUT2D eigenvalue weighted by Crippen LogP contribution is -2.49. The lowest BCUT2D eigenvalue weighted by Gasteiger charge is -2.36. The Morgan fingerprint density at radius 2 is 1.90 bits per heavy atom. The fourth-order valence-electron chi connectivity index (χ4n) is 3.19. The Labute approximate surface area is 192 Å². The second-order valence-corrected chi connectivity index (χ2v) is 8.50.